The first-order valence-corrected chi connectivity index (χ1v) is 5.45. The van der Waals surface area contributed by atoms with E-state index in [-0.39, 0.29) is 16.7 Å². The Labute approximate surface area is 105 Å². The van der Waals surface area contributed by atoms with E-state index in [0.717, 1.165) is 6.07 Å². The highest BCUT2D eigenvalue weighted by atomic mass is 79.9. The summed E-state index contributed by atoms with van der Waals surface area (Å²) in [5, 5.41) is 4.96. The number of nitrogens with one attached hydrogen (secondary N) is 2. The van der Waals surface area contributed by atoms with Crippen LogP contribution in [0, 0.1) is 0 Å². The predicted molar refractivity (Wildman–Crippen MR) is 61.7 cm³/mol. The summed E-state index contributed by atoms with van der Waals surface area (Å²) in [7, 11) is 1.57. The van der Waals surface area contributed by atoms with Gasteiger partial charge in [0.15, 0.2) is 0 Å². The molecule has 0 saturated carbocycles. The van der Waals surface area contributed by atoms with Crippen molar-refractivity contribution in [2.45, 2.75) is 6.18 Å². The number of alkyl halides is 3. The number of likely N-dealkylation sites (N-methyl/N-ethyl adjacent to an activating group) is 1. The highest BCUT2D eigenvalue weighted by Gasteiger charge is 2.33. The fourth-order valence-corrected chi connectivity index (χ4v) is 1.66. The van der Waals surface area contributed by atoms with Crippen LogP contribution in [0.25, 0.3) is 0 Å². The van der Waals surface area contributed by atoms with Gasteiger partial charge in [0, 0.05) is 10.2 Å². The van der Waals surface area contributed by atoms with Crippen LogP contribution in [0.4, 0.5) is 18.9 Å². The number of amides is 1. The molecule has 7 heteroatoms. The Morgan fingerprint density at radius 1 is 1.41 bits per heavy atom. The van der Waals surface area contributed by atoms with E-state index in [4.69, 9.17) is 0 Å². The molecule has 0 atom stereocenters. The van der Waals surface area contributed by atoms with Crippen molar-refractivity contribution >= 4 is 27.5 Å². The van der Waals surface area contributed by atoms with Gasteiger partial charge in [-0.1, -0.05) is 15.9 Å². The molecule has 1 amide bonds. The van der Waals surface area contributed by atoms with E-state index in [1.54, 1.807) is 7.05 Å². The van der Waals surface area contributed by atoms with E-state index in [9.17, 15) is 18.0 Å². The number of benzene rings is 1. The molecule has 0 aromatic heterocycles. The van der Waals surface area contributed by atoms with Gasteiger partial charge in [-0.2, -0.15) is 13.2 Å². The number of hydrogen-bond donors (Lipinski definition) is 2. The summed E-state index contributed by atoms with van der Waals surface area (Å²) in [6, 6.07) is 3.53. The van der Waals surface area contributed by atoms with Crippen molar-refractivity contribution in [1.82, 2.24) is 5.32 Å². The lowest BCUT2D eigenvalue weighted by atomic mass is 10.2. The van der Waals surface area contributed by atoms with Gasteiger partial charge < -0.3 is 10.6 Å². The molecule has 3 nitrogen and oxygen atoms in total. The van der Waals surface area contributed by atoms with Gasteiger partial charge in [-0.25, -0.2) is 0 Å². The number of carbonyl (C=O) groups is 1. The number of anilines is 1. The first kappa shape index (κ1) is 14.0. The summed E-state index contributed by atoms with van der Waals surface area (Å²) >= 11 is 2.82. The third-order valence-electron chi connectivity index (χ3n) is 1.89. The van der Waals surface area contributed by atoms with Crippen LogP contribution in [0.1, 0.15) is 5.56 Å². The fraction of sp³-hybridized carbons (Fsp3) is 0.300. The average molecular weight is 311 g/mol. The van der Waals surface area contributed by atoms with Crippen LogP contribution in [0.2, 0.25) is 0 Å². The van der Waals surface area contributed by atoms with Crippen molar-refractivity contribution in [2.75, 3.05) is 18.9 Å². The summed E-state index contributed by atoms with van der Waals surface area (Å²) in [4.78, 5) is 11.2. The summed E-state index contributed by atoms with van der Waals surface area (Å²) < 4.78 is 37.6. The topological polar surface area (TPSA) is 41.1 Å². The minimum atomic E-state index is -4.46. The standard InChI is InChI=1S/C10H10BrF3N2O/c1-15-5-9(17)16-6-2-3-8(11)7(4-6)10(12,13)14/h2-4,15H,5H2,1H3,(H,16,17). The van der Waals surface area contributed by atoms with Gasteiger partial charge >= 0.3 is 6.18 Å². The fourth-order valence-electron chi connectivity index (χ4n) is 1.19. The molecule has 0 saturated heterocycles. The Morgan fingerprint density at radius 2 is 2.06 bits per heavy atom. The van der Waals surface area contributed by atoms with Crippen LogP contribution in [-0.2, 0) is 11.0 Å². The van der Waals surface area contributed by atoms with E-state index >= 15 is 0 Å². The Hall–Kier alpha value is -1.08. The average Bonchev–Trinajstić information content (AvgIpc) is 2.19. The third-order valence-corrected chi connectivity index (χ3v) is 2.58. The van der Waals surface area contributed by atoms with Crippen LogP contribution in [-0.4, -0.2) is 19.5 Å². The van der Waals surface area contributed by atoms with Gasteiger partial charge in [0.05, 0.1) is 12.1 Å². The second kappa shape index (κ2) is 5.50. The SMILES string of the molecule is CNCC(=O)Nc1ccc(Br)c(C(F)(F)F)c1. The lowest BCUT2D eigenvalue weighted by Crippen LogP contribution is -2.25. The van der Waals surface area contributed by atoms with E-state index < -0.39 is 17.6 Å². The number of rotatable bonds is 3. The van der Waals surface area contributed by atoms with Gasteiger partial charge in [0.1, 0.15) is 0 Å². The molecular weight excluding hydrogens is 301 g/mol. The molecule has 0 fully saturated rings. The monoisotopic (exact) mass is 310 g/mol. The maximum atomic E-state index is 12.6. The molecular formula is C10H10BrF3N2O. The number of hydrogen-bond acceptors (Lipinski definition) is 2. The minimum absolute atomic E-state index is 0.0391. The summed E-state index contributed by atoms with van der Waals surface area (Å²) in [5.41, 5.74) is -0.708. The molecule has 0 heterocycles. The van der Waals surface area contributed by atoms with Crippen LogP contribution < -0.4 is 10.6 Å². The van der Waals surface area contributed by atoms with Crippen molar-refractivity contribution in [3.05, 3.63) is 28.2 Å². The van der Waals surface area contributed by atoms with Gasteiger partial charge in [0.25, 0.3) is 0 Å². The number of halogens is 4. The summed E-state index contributed by atoms with van der Waals surface area (Å²) in [6.45, 7) is 0.0391. The highest BCUT2D eigenvalue weighted by molar-refractivity contribution is 9.10. The predicted octanol–water partition coefficient (Wildman–Crippen LogP) is 2.63. The molecule has 2 N–H and O–H groups in total. The molecule has 1 aromatic rings. The van der Waals surface area contributed by atoms with E-state index in [2.05, 4.69) is 26.6 Å². The van der Waals surface area contributed by atoms with Crippen molar-refractivity contribution in [3.63, 3.8) is 0 Å². The quantitative estimate of drug-likeness (QED) is 0.901. The normalized spacial score (nSPS) is 11.4. The molecule has 94 valence electrons. The smallest absolute Gasteiger partial charge is 0.325 e. The Bertz CT molecular complexity index is 421. The Morgan fingerprint density at radius 3 is 2.59 bits per heavy atom. The zero-order valence-electron chi connectivity index (χ0n) is 8.86. The molecule has 0 radical (unpaired) electrons. The van der Waals surface area contributed by atoms with E-state index in [0.29, 0.717) is 0 Å². The van der Waals surface area contributed by atoms with Crippen LogP contribution in [0.15, 0.2) is 22.7 Å². The molecule has 0 aliphatic rings. The molecule has 17 heavy (non-hydrogen) atoms. The van der Waals surface area contributed by atoms with Crippen LogP contribution >= 0.6 is 15.9 Å². The van der Waals surface area contributed by atoms with Gasteiger partial charge in [-0.3, -0.25) is 4.79 Å². The second-order valence-electron chi connectivity index (χ2n) is 3.27. The molecule has 1 aromatic carbocycles. The maximum absolute atomic E-state index is 12.6. The Balaban J connectivity index is 2.93. The molecule has 0 bridgehead atoms. The van der Waals surface area contributed by atoms with Crippen molar-refractivity contribution in [3.8, 4) is 0 Å². The molecule has 0 spiro atoms. The summed E-state index contributed by atoms with van der Waals surface area (Å²) in [6.07, 6.45) is -4.46. The minimum Gasteiger partial charge on any atom is -0.325 e. The van der Waals surface area contributed by atoms with Crippen molar-refractivity contribution in [1.29, 1.82) is 0 Å². The highest BCUT2D eigenvalue weighted by Crippen LogP contribution is 2.36. The molecule has 0 unspecified atom stereocenters. The third kappa shape index (κ3) is 4.01. The molecule has 1 rings (SSSR count). The van der Waals surface area contributed by atoms with Crippen LogP contribution in [0.3, 0.4) is 0 Å². The summed E-state index contributed by atoms with van der Waals surface area (Å²) in [5.74, 6) is -0.400. The van der Waals surface area contributed by atoms with Gasteiger partial charge in [-0.05, 0) is 25.2 Å². The zero-order valence-corrected chi connectivity index (χ0v) is 10.4. The Kier molecular flexibility index (Phi) is 4.53. The molecule has 0 aliphatic heterocycles. The lowest BCUT2D eigenvalue weighted by molar-refractivity contribution is -0.138. The van der Waals surface area contributed by atoms with Crippen molar-refractivity contribution < 1.29 is 18.0 Å². The first-order chi connectivity index (χ1) is 7.84. The van der Waals surface area contributed by atoms with E-state index in [1.807, 2.05) is 0 Å². The van der Waals surface area contributed by atoms with Gasteiger partial charge in [0.2, 0.25) is 5.91 Å². The van der Waals surface area contributed by atoms with E-state index in [1.165, 1.54) is 12.1 Å². The number of carbonyl (C=O) groups excluding carboxylic acids is 1. The second-order valence-corrected chi connectivity index (χ2v) is 4.13. The lowest BCUT2D eigenvalue weighted by Gasteiger charge is -2.11. The first-order valence-electron chi connectivity index (χ1n) is 4.66. The maximum Gasteiger partial charge on any atom is 0.417 e. The largest absolute Gasteiger partial charge is 0.417 e. The van der Waals surface area contributed by atoms with Crippen molar-refractivity contribution in [2.24, 2.45) is 0 Å². The van der Waals surface area contributed by atoms with Gasteiger partial charge in [-0.15, -0.1) is 0 Å². The zero-order chi connectivity index (χ0) is 13.1. The molecule has 0 aliphatic carbocycles. The van der Waals surface area contributed by atoms with Crippen LogP contribution in [0.5, 0.6) is 0 Å².